The molecule has 2 aliphatic rings. The lowest BCUT2D eigenvalue weighted by molar-refractivity contribution is -0.356. The quantitative estimate of drug-likeness (QED) is 0.119. The molecule has 0 amide bonds. The zero-order chi connectivity index (χ0) is 26.6. The van der Waals surface area contributed by atoms with Gasteiger partial charge in [-0.1, -0.05) is 0 Å². The van der Waals surface area contributed by atoms with Gasteiger partial charge in [0, 0.05) is 0 Å². The molecule has 2 saturated heterocycles. The molecule has 17 heteroatoms. The number of aliphatic hydroxyl groups excluding tert-OH is 12. The van der Waals surface area contributed by atoms with Crippen molar-refractivity contribution >= 4 is 5.97 Å². The van der Waals surface area contributed by atoms with E-state index in [2.05, 4.69) is 0 Å². The first-order valence-electron chi connectivity index (χ1n) is 10.5. The Morgan fingerprint density at radius 1 is 0.743 bits per heavy atom. The van der Waals surface area contributed by atoms with Gasteiger partial charge in [0.2, 0.25) is 0 Å². The van der Waals surface area contributed by atoms with Crippen LogP contribution in [0.4, 0.5) is 0 Å². The third kappa shape index (κ3) is 6.60. The predicted octanol–water partition coefficient (Wildman–Crippen LogP) is -8.41. The fourth-order valence-electron chi connectivity index (χ4n) is 3.56. The van der Waals surface area contributed by atoms with Crippen molar-refractivity contribution in [3.63, 3.8) is 0 Å². The summed E-state index contributed by atoms with van der Waals surface area (Å²) in [5.74, 6) is -1.70. The lowest BCUT2D eigenvalue weighted by Crippen LogP contribution is -2.65. The van der Waals surface area contributed by atoms with E-state index in [9.17, 15) is 61.0 Å². The fraction of sp³-hybridized carbons (Fsp3) is 0.944. The van der Waals surface area contributed by atoms with Crippen LogP contribution >= 0.6 is 0 Å². The third-order valence-electron chi connectivity index (χ3n) is 5.70. The van der Waals surface area contributed by atoms with E-state index in [-0.39, 0.29) is 0 Å². The Labute approximate surface area is 197 Å². The van der Waals surface area contributed by atoms with Crippen LogP contribution in [0.5, 0.6) is 0 Å². The molecule has 0 bridgehead atoms. The van der Waals surface area contributed by atoms with Crippen molar-refractivity contribution in [2.24, 2.45) is 0 Å². The van der Waals surface area contributed by atoms with Crippen molar-refractivity contribution in [3.8, 4) is 0 Å². The minimum Gasteiger partial charge on any atom is -0.455 e. The van der Waals surface area contributed by atoms with Crippen molar-refractivity contribution in [2.45, 2.75) is 85.8 Å². The minimum atomic E-state index is -2.52. The van der Waals surface area contributed by atoms with Crippen LogP contribution < -0.4 is 0 Å². The Bertz CT molecular complexity index is 665. The lowest BCUT2D eigenvalue weighted by atomic mass is 9.96. The first-order chi connectivity index (χ1) is 16.4. The summed E-state index contributed by atoms with van der Waals surface area (Å²) in [7, 11) is 0. The number of carbonyl (C=O) groups is 1. The summed E-state index contributed by atoms with van der Waals surface area (Å²) < 4.78 is 20.3. The van der Waals surface area contributed by atoms with Gasteiger partial charge in [0.05, 0.1) is 19.8 Å². The summed E-state index contributed by atoms with van der Waals surface area (Å²) in [6.07, 6.45) is -27.2. The Kier molecular flexibility index (Phi) is 11.1. The molecule has 0 unspecified atom stereocenters. The zero-order valence-corrected chi connectivity index (χ0v) is 18.1. The van der Waals surface area contributed by atoms with E-state index in [0.29, 0.717) is 0 Å². The Hall–Kier alpha value is -1.13. The number of ether oxygens (including phenoxy) is 4. The molecule has 2 rings (SSSR count). The van der Waals surface area contributed by atoms with Gasteiger partial charge in [-0.05, 0) is 0 Å². The summed E-state index contributed by atoms with van der Waals surface area (Å²) >= 11 is 0. The number of hydrogen-bond acceptors (Lipinski definition) is 17. The molecule has 2 fully saturated rings. The molecule has 2 aliphatic heterocycles. The zero-order valence-electron chi connectivity index (χ0n) is 18.1. The first kappa shape index (κ1) is 30.1. The highest BCUT2D eigenvalue weighted by atomic mass is 16.7. The number of carbonyl (C=O) groups excluding carboxylic acids is 1. The predicted molar refractivity (Wildman–Crippen MR) is 104 cm³/mol. The van der Waals surface area contributed by atoms with Crippen LogP contribution in [0.15, 0.2) is 0 Å². The highest BCUT2D eigenvalue weighted by Gasteiger charge is 2.52. The smallest absolute Gasteiger partial charge is 0.338 e. The molecule has 12 N–H and O–H groups in total. The van der Waals surface area contributed by atoms with E-state index in [1.807, 2.05) is 0 Å². The maximum absolute atomic E-state index is 12.3. The van der Waals surface area contributed by atoms with E-state index in [1.165, 1.54) is 0 Å². The van der Waals surface area contributed by atoms with Crippen molar-refractivity contribution in [1.29, 1.82) is 0 Å². The molecule has 0 aromatic heterocycles. The van der Waals surface area contributed by atoms with Gasteiger partial charge in [-0.3, -0.25) is 0 Å². The first-order valence-corrected chi connectivity index (χ1v) is 10.5. The molecule has 0 aromatic rings. The molecular weight excluding hydrogens is 488 g/mol. The maximum atomic E-state index is 12.3. The molecule has 17 nitrogen and oxygen atoms in total. The summed E-state index contributed by atoms with van der Waals surface area (Å²) in [6, 6.07) is 0. The average Bonchev–Trinajstić information content (AvgIpc) is 2.85. The molecule has 0 radical (unpaired) electrons. The van der Waals surface area contributed by atoms with Crippen molar-refractivity contribution in [3.05, 3.63) is 0 Å². The van der Waals surface area contributed by atoms with E-state index >= 15 is 0 Å². The fourth-order valence-corrected chi connectivity index (χ4v) is 3.56. The van der Waals surface area contributed by atoms with Gasteiger partial charge >= 0.3 is 5.97 Å². The molecule has 14 atom stereocenters. The largest absolute Gasteiger partial charge is 0.455 e. The van der Waals surface area contributed by atoms with Crippen LogP contribution in [-0.4, -0.2) is 173 Å². The van der Waals surface area contributed by atoms with E-state index in [4.69, 9.17) is 24.1 Å². The average molecular weight is 520 g/mol. The highest BCUT2D eigenvalue weighted by Crippen LogP contribution is 2.30. The van der Waals surface area contributed by atoms with Crippen LogP contribution in [0.2, 0.25) is 0 Å². The van der Waals surface area contributed by atoms with Gasteiger partial charge in [-0.15, -0.1) is 0 Å². The van der Waals surface area contributed by atoms with Crippen LogP contribution in [0.3, 0.4) is 0 Å². The normalized spacial score (nSPS) is 41.6. The summed E-state index contributed by atoms with van der Waals surface area (Å²) in [6.45, 7) is -2.76. The monoisotopic (exact) mass is 520 g/mol. The Morgan fingerprint density at radius 3 is 1.89 bits per heavy atom. The summed E-state index contributed by atoms with van der Waals surface area (Å²) in [5.41, 5.74) is 0. The van der Waals surface area contributed by atoms with Crippen molar-refractivity contribution < 1.29 is 85.0 Å². The van der Waals surface area contributed by atoms with E-state index in [0.717, 1.165) is 0 Å². The molecule has 0 aliphatic carbocycles. The SMILES string of the molecule is O=C(O[C@@H]1[C@@H](O)[C@@H](O[C@H]2[C@H](O)[C@@H](O)[C@H](O)O[C@@H]2CO)O[C@H](CO)[C@H]1O)[C@H](O)[C@@H](O)[C@H](O)[C@H](O)CO. The molecule has 0 spiro atoms. The molecule has 2 heterocycles. The van der Waals surface area contributed by atoms with Crippen molar-refractivity contribution in [2.75, 3.05) is 19.8 Å². The van der Waals surface area contributed by atoms with Gasteiger partial charge < -0.3 is 80.2 Å². The number of aliphatic hydroxyl groups is 12. The van der Waals surface area contributed by atoms with E-state index < -0.39 is 112 Å². The van der Waals surface area contributed by atoms with Crippen LogP contribution in [-0.2, 0) is 23.7 Å². The van der Waals surface area contributed by atoms with Crippen LogP contribution in [0, 0.1) is 0 Å². The van der Waals surface area contributed by atoms with Gasteiger partial charge in [-0.2, -0.15) is 0 Å². The molecule has 35 heavy (non-hydrogen) atoms. The second-order valence-corrected chi connectivity index (χ2v) is 8.11. The van der Waals surface area contributed by atoms with Gasteiger partial charge in [-0.25, -0.2) is 4.79 Å². The highest BCUT2D eigenvalue weighted by molar-refractivity contribution is 5.75. The second kappa shape index (κ2) is 12.9. The molecule has 0 aromatic carbocycles. The second-order valence-electron chi connectivity index (χ2n) is 8.11. The van der Waals surface area contributed by atoms with Crippen LogP contribution in [0.25, 0.3) is 0 Å². The molecule has 206 valence electrons. The van der Waals surface area contributed by atoms with Crippen LogP contribution in [0.1, 0.15) is 0 Å². The van der Waals surface area contributed by atoms with Gasteiger partial charge in [0.25, 0.3) is 0 Å². The minimum absolute atomic E-state index is 0.828. The molecular formula is C18H32O17. The summed E-state index contributed by atoms with van der Waals surface area (Å²) in [5, 5.41) is 117. The Morgan fingerprint density at radius 2 is 1.34 bits per heavy atom. The third-order valence-corrected chi connectivity index (χ3v) is 5.70. The topological polar surface area (TPSA) is 297 Å². The number of esters is 1. The standard InChI is InChI=1S/C18H32O17/c19-1-4(22)7(23)9(25)11(27)17(31)34-15-8(24)5(2-20)33-18(13(15)29)35-14-6(3-21)32-16(30)12(28)10(14)26/h4-16,18-30H,1-3H2/t4-,5-,6-,7-,8-,9+,10-,11-,12-,13-,14-,15+,16-,18-/m1/s1. The molecule has 0 saturated carbocycles. The van der Waals surface area contributed by atoms with Crippen molar-refractivity contribution in [1.82, 2.24) is 0 Å². The van der Waals surface area contributed by atoms with Gasteiger partial charge in [0.1, 0.15) is 61.0 Å². The maximum Gasteiger partial charge on any atom is 0.338 e. The number of rotatable bonds is 10. The number of hydrogen-bond donors (Lipinski definition) is 12. The Balaban J connectivity index is 2.18. The summed E-state index contributed by atoms with van der Waals surface area (Å²) in [4.78, 5) is 12.3. The van der Waals surface area contributed by atoms with Gasteiger partial charge in [0.15, 0.2) is 24.8 Å². The van der Waals surface area contributed by atoms with E-state index in [1.54, 1.807) is 0 Å². The lowest BCUT2D eigenvalue weighted by Gasteiger charge is -2.46.